The van der Waals surface area contributed by atoms with Gasteiger partial charge in [0.25, 0.3) is 5.91 Å². The summed E-state index contributed by atoms with van der Waals surface area (Å²) in [5.41, 5.74) is 0.492. The van der Waals surface area contributed by atoms with Crippen molar-refractivity contribution in [3.8, 4) is 6.07 Å². The molecule has 314 valence electrons. The van der Waals surface area contributed by atoms with Crippen molar-refractivity contribution in [1.82, 2.24) is 15.1 Å². The Morgan fingerprint density at radius 1 is 0.966 bits per heavy atom. The quantitative estimate of drug-likeness (QED) is 0.113. The summed E-state index contributed by atoms with van der Waals surface area (Å²) in [6.45, 7) is 9.24. The number of amides is 4. The van der Waals surface area contributed by atoms with E-state index in [2.05, 4.69) is 20.9 Å². The summed E-state index contributed by atoms with van der Waals surface area (Å²) >= 11 is 5.72. The molecule has 0 radical (unpaired) electrons. The van der Waals surface area contributed by atoms with Crippen molar-refractivity contribution in [2.24, 2.45) is 0 Å². The normalized spacial score (nSPS) is 18.6. The first-order valence-electron chi connectivity index (χ1n) is 19.1. The number of hydrogen-bond acceptors (Lipinski definition) is 9. The minimum Gasteiger partial charge on any atom is -0.374 e. The lowest BCUT2D eigenvalue weighted by Crippen LogP contribution is -2.48. The van der Waals surface area contributed by atoms with Crippen LogP contribution in [0, 0.1) is 17.1 Å². The van der Waals surface area contributed by atoms with Crippen LogP contribution in [0.15, 0.2) is 54.6 Å². The SMILES string of the molecule is CCc1cc(N2C(=S)N(c3ccc(C#N)c(C(F)(F)F)c3)C(=O)C2(C)C)ccc1CCCN1CCN(CC(=O)Nc2cc(F)cc(NC3CCC(=O)NC3=O)c2)CC1.Cl. The highest BCUT2D eigenvalue weighted by Gasteiger charge is 2.51. The highest BCUT2D eigenvalue weighted by Crippen LogP contribution is 2.40. The summed E-state index contributed by atoms with van der Waals surface area (Å²) in [6.07, 6.45) is -1.95. The third-order valence-electron chi connectivity index (χ3n) is 10.7. The number of piperazine rings is 1. The lowest BCUT2D eigenvalue weighted by Gasteiger charge is -2.34. The molecule has 59 heavy (non-hydrogen) atoms. The van der Waals surface area contributed by atoms with E-state index in [0.29, 0.717) is 30.9 Å². The van der Waals surface area contributed by atoms with Crippen LogP contribution in [0.1, 0.15) is 62.3 Å². The Bertz CT molecular complexity index is 2170. The number of hydrogen-bond donors (Lipinski definition) is 3. The van der Waals surface area contributed by atoms with Crippen LogP contribution in [0.3, 0.4) is 0 Å². The molecule has 1 unspecified atom stereocenters. The molecule has 3 saturated heterocycles. The second-order valence-corrected chi connectivity index (χ2v) is 15.5. The van der Waals surface area contributed by atoms with Crippen molar-refractivity contribution in [3.63, 3.8) is 0 Å². The minimum atomic E-state index is -4.79. The van der Waals surface area contributed by atoms with Gasteiger partial charge in [-0.2, -0.15) is 18.4 Å². The maximum Gasteiger partial charge on any atom is 0.417 e. The van der Waals surface area contributed by atoms with Crippen LogP contribution in [0.25, 0.3) is 0 Å². The number of rotatable bonds is 12. The number of aryl methyl sites for hydroxylation is 2. The molecule has 3 aromatic carbocycles. The average Bonchev–Trinajstić information content (AvgIpc) is 3.34. The fourth-order valence-corrected chi connectivity index (χ4v) is 8.15. The summed E-state index contributed by atoms with van der Waals surface area (Å²) < 4.78 is 55.7. The van der Waals surface area contributed by atoms with Gasteiger partial charge in [0.2, 0.25) is 17.7 Å². The number of alkyl halides is 3. The molecule has 1 atom stereocenters. The first-order chi connectivity index (χ1) is 27.5. The van der Waals surface area contributed by atoms with Gasteiger partial charge in [-0.25, -0.2) is 4.39 Å². The van der Waals surface area contributed by atoms with Crippen molar-refractivity contribution >= 4 is 76.1 Å². The molecule has 0 aromatic heterocycles. The summed E-state index contributed by atoms with van der Waals surface area (Å²) in [4.78, 5) is 57.3. The molecule has 3 aliphatic heterocycles. The molecular formula is C41H45ClF4N8O4S. The molecule has 12 nitrogen and oxygen atoms in total. The van der Waals surface area contributed by atoms with Gasteiger partial charge < -0.3 is 20.4 Å². The Labute approximate surface area is 351 Å². The molecule has 6 rings (SSSR count). The van der Waals surface area contributed by atoms with E-state index in [-0.39, 0.29) is 60.1 Å². The smallest absolute Gasteiger partial charge is 0.374 e. The molecule has 3 N–H and O–H groups in total. The third kappa shape index (κ3) is 10.2. The number of piperidine rings is 1. The van der Waals surface area contributed by atoms with E-state index in [4.69, 9.17) is 12.2 Å². The molecule has 0 aliphatic carbocycles. The topological polar surface area (TPSA) is 141 Å². The average molecular weight is 857 g/mol. The number of imide groups is 1. The van der Waals surface area contributed by atoms with Gasteiger partial charge in [-0.1, -0.05) is 13.0 Å². The van der Waals surface area contributed by atoms with Gasteiger partial charge in [0, 0.05) is 49.7 Å². The summed E-state index contributed by atoms with van der Waals surface area (Å²) in [5.74, 6) is -2.19. The zero-order valence-electron chi connectivity index (χ0n) is 32.7. The van der Waals surface area contributed by atoms with Crippen LogP contribution in [0.5, 0.6) is 0 Å². The lowest BCUT2D eigenvalue weighted by molar-refractivity contribution is -0.138. The van der Waals surface area contributed by atoms with Crippen molar-refractivity contribution in [1.29, 1.82) is 5.26 Å². The van der Waals surface area contributed by atoms with Crippen LogP contribution in [0.2, 0.25) is 0 Å². The van der Waals surface area contributed by atoms with E-state index in [9.17, 15) is 42.0 Å². The van der Waals surface area contributed by atoms with Crippen molar-refractivity contribution in [2.75, 3.05) is 59.7 Å². The highest BCUT2D eigenvalue weighted by molar-refractivity contribution is 7.81. The number of benzene rings is 3. The first-order valence-corrected chi connectivity index (χ1v) is 19.5. The van der Waals surface area contributed by atoms with E-state index in [1.54, 1.807) is 30.9 Å². The molecule has 0 spiro atoms. The molecule has 3 fully saturated rings. The van der Waals surface area contributed by atoms with Gasteiger partial charge in [0.1, 0.15) is 17.4 Å². The standard InChI is InChI=1S/C41H44F4N8O4S.ClH/c1-4-25-18-32(53-39(58)52(38(57)40(53,2)3)31-9-8-27(23-46)33(22-31)41(43,44)45)10-7-26(25)6-5-13-50-14-16-51(17-15-50)24-36(55)48-30-20-28(42)19-29(21-30)47-34-11-12-35(54)49-37(34)56;/h7-10,18-22,34,47H,4-6,11-17,24H2,1-3H3,(H,48,55)(H,49,54,56);1H. The zero-order chi connectivity index (χ0) is 41.9. The molecule has 3 aliphatic rings. The molecule has 0 saturated carbocycles. The maximum absolute atomic E-state index is 14.4. The van der Waals surface area contributed by atoms with E-state index < -0.39 is 46.5 Å². The number of carbonyl (C=O) groups excluding carboxylic acids is 4. The number of nitriles is 1. The highest BCUT2D eigenvalue weighted by atomic mass is 35.5. The number of thiocarbonyl (C=S) groups is 1. The van der Waals surface area contributed by atoms with Crippen LogP contribution in [-0.2, 0) is 38.2 Å². The maximum atomic E-state index is 14.4. The number of carbonyl (C=O) groups is 4. The molecule has 3 heterocycles. The van der Waals surface area contributed by atoms with E-state index in [1.165, 1.54) is 18.2 Å². The fraction of sp³-hybridized carbons (Fsp3) is 0.415. The van der Waals surface area contributed by atoms with Crippen LogP contribution in [-0.4, -0.2) is 89.4 Å². The third-order valence-corrected chi connectivity index (χ3v) is 11.1. The Kier molecular flexibility index (Phi) is 14.0. The summed E-state index contributed by atoms with van der Waals surface area (Å²) in [6, 6.07) is 13.9. The Morgan fingerprint density at radius 2 is 1.64 bits per heavy atom. The van der Waals surface area contributed by atoms with Gasteiger partial charge in [-0.15, -0.1) is 12.4 Å². The second-order valence-electron chi connectivity index (χ2n) is 15.1. The van der Waals surface area contributed by atoms with E-state index in [0.717, 1.165) is 60.6 Å². The molecule has 3 aromatic rings. The van der Waals surface area contributed by atoms with Crippen molar-refractivity contribution < 1.29 is 36.7 Å². The van der Waals surface area contributed by atoms with E-state index in [1.807, 2.05) is 30.0 Å². The predicted molar refractivity (Wildman–Crippen MR) is 222 cm³/mol. The van der Waals surface area contributed by atoms with Gasteiger partial charge in [-0.3, -0.25) is 34.3 Å². The van der Waals surface area contributed by atoms with Gasteiger partial charge in [0.05, 0.1) is 29.4 Å². The van der Waals surface area contributed by atoms with Crippen molar-refractivity contribution in [3.05, 3.63) is 82.7 Å². The van der Waals surface area contributed by atoms with Gasteiger partial charge in [-0.05, 0) is 118 Å². The lowest BCUT2D eigenvalue weighted by atomic mass is 9.97. The molecule has 4 amide bonds. The number of nitrogens with zero attached hydrogens (tertiary/aromatic N) is 5. The van der Waals surface area contributed by atoms with E-state index >= 15 is 0 Å². The number of nitrogens with one attached hydrogen (secondary N) is 3. The van der Waals surface area contributed by atoms with Crippen molar-refractivity contribution in [2.45, 2.75) is 70.6 Å². The Hall–Kier alpha value is -5.15. The number of anilines is 4. The molecular weight excluding hydrogens is 812 g/mol. The van der Waals surface area contributed by atoms with Crippen LogP contribution < -0.4 is 25.8 Å². The summed E-state index contributed by atoms with van der Waals surface area (Å²) in [7, 11) is 0. The Morgan fingerprint density at radius 3 is 2.31 bits per heavy atom. The first kappa shape index (κ1) is 44.9. The van der Waals surface area contributed by atoms with Gasteiger partial charge in [0.15, 0.2) is 5.11 Å². The fourth-order valence-electron chi connectivity index (χ4n) is 7.63. The summed E-state index contributed by atoms with van der Waals surface area (Å²) in [5, 5.41) is 17.2. The minimum absolute atomic E-state index is 0. The second kappa shape index (κ2) is 18.4. The van der Waals surface area contributed by atoms with Gasteiger partial charge >= 0.3 is 6.18 Å². The zero-order valence-corrected chi connectivity index (χ0v) is 34.4. The van der Waals surface area contributed by atoms with Crippen LogP contribution in [0.4, 0.5) is 40.3 Å². The van der Waals surface area contributed by atoms with Crippen LogP contribution >= 0.6 is 24.6 Å². The molecule has 0 bridgehead atoms. The Balaban J connectivity index is 0.00000661. The predicted octanol–water partition coefficient (Wildman–Crippen LogP) is 6.02. The number of halogens is 5. The monoisotopic (exact) mass is 856 g/mol. The largest absolute Gasteiger partial charge is 0.417 e. The molecule has 18 heteroatoms.